The van der Waals surface area contributed by atoms with Gasteiger partial charge >= 0.3 is 0 Å². The second-order valence-electron chi connectivity index (χ2n) is 6.94. The van der Waals surface area contributed by atoms with E-state index in [4.69, 9.17) is 0 Å². The maximum Gasteiger partial charge on any atom is 0.233 e. The standard InChI is InChI=1S/C18H22N6O2S/c25-16(12-27-18-20-21-22-24(18)15-6-7-15)23-10-8-13(9-11-23)17(26)19-14-4-2-1-3-5-14/h1-5,13,15H,6-12H2,(H,19,26). The van der Waals surface area contributed by atoms with Crippen molar-refractivity contribution >= 4 is 29.3 Å². The maximum atomic E-state index is 12.5. The van der Waals surface area contributed by atoms with Crippen molar-refractivity contribution < 1.29 is 9.59 Å². The molecule has 2 aromatic rings. The molecule has 0 bridgehead atoms. The summed E-state index contributed by atoms with van der Waals surface area (Å²) in [5, 5.41) is 15.4. The molecule has 0 atom stereocenters. The van der Waals surface area contributed by atoms with Gasteiger partial charge in [0.1, 0.15) is 0 Å². The van der Waals surface area contributed by atoms with Gasteiger partial charge in [0.05, 0.1) is 11.8 Å². The number of nitrogens with zero attached hydrogens (tertiary/aromatic N) is 5. The van der Waals surface area contributed by atoms with Crippen molar-refractivity contribution in [2.75, 3.05) is 24.2 Å². The number of nitrogens with one attached hydrogen (secondary N) is 1. The number of tetrazole rings is 1. The second-order valence-corrected chi connectivity index (χ2v) is 7.88. The Balaban J connectivity index is 1.23. The normalized spacial score (nSPS) is 17.7. The van der Waals surface area contributed by atoms with E-state index >= 15 is 0 Å². The topological polar surface area (TPSA) is 93.0 Å². The zero-order valence-electron chi connectivity index (χ0n) is 15.0. The summed E-state index contributed by atoms with van der Waals surface area (Å²) in [6.45, 7) is 1.22. The van der Waals surface area contributed by atoms with Crippen molar-refractivity contribution in [2.24, 2.45) is 5.92 Å². The van der Waals surface area contributed by atoms with Crippen molar-refractivity contribution in [2.45, 2.75) is 36.9 Å². The summed E-state index contributed by atoms with van der Waals surface area (Å²) in [5.41, 5.74) is 0.811. The Kier molecular flexibility index (Phi) is 5.38. The predicted octanol–water partition coefficient (Wildman–Crippen LogP) is 1.98. The Hall–Kier alpha value is -2.42. The van der Waals surface area contributed by atoms with Crippen LogP contribution in [0.2, 0.25) is 0 Å². The molecular weight excluding hydrogens is 364 g/mol. The molecule has 0 spiro atoms. The highest BCUT2D eigenvalue weighted by molar-refractivity contribution is 7.99. The molecule has 1 aromatic carbocycles. The Morgan fingerprint density at radius 1 is 1.11 bits per heavy atom. The number of likely N-dealkylation sites (tertiary alicyclic amines) is 1. The molecule has 1 saturated carbocycles. The molecule has 0 unspecified atom stereocenters. The maximum absolute atomic E-state index is 12.5. The summed E-state index contributed by atoms with van der Waals surface area (Å²) in [4.78, 5) is 26.7. The number of carbonyl (C=O) groups excluding carboxylic acids is 2. The number of carbonyl (C=O) groups is 2. The molecule has 4 rings (SSSR count). The summed E-state index contributed by atoms with van der Waals surface area (Å²) in [6, 6.07) is 9.87. The molecule has 1 aromatic heterocycles. The monoisotopic (exact) mass is 386 g/mol. The molecule has 2 amide bonds. The van der Waals surface area contributed by atoms with Crippen LogP contribution in [0.5, 0.6) is 0 Å². The SMILES string of the molecule is O=C(Nc1ccccc1)C1CCN(C(=O)CSc2nnnn2C2CC2)CC1. The molecule has 142 valence electrons. The highest BCUT2D eigenvalue weighted by Gasteiger charge is 2.30. The van der Waals surface area contributed by atoms with Crippen molar-refractivity contribution in [1.82, 2.24) is 25.1 Å². The fraction of sp³-hybridized carbons (Fsp3) is 0.500. The Bertz CT molecular complexity index is 799. The third-order valence-corrected chi connectivity index (χ3v) is 5.86. The number of hydrogen-bond acceptors (Lipinski definition) is 6. The van der Waals surface area contributed by atoms with Crippen LogP contribution in [0, 0.1) is 5.92 Å². The van der Waals surface area contributed by atoms with Crippen molar-refractivity contribution in [3.05, 3.63) is 30.3 Å². The number of thioether (sulfide) groups is 1. The van der Waals surface area contributed by atoms with Crippen molar-refractivity contribution in [3.63, 3.8) is 0 Å². The van der Waals surface area contributed by atoms with E-state index in [9.17, 15) is 9.59 Å². The molecule has 8 nitrogen and oxygen atoms in total. The lowest BCUT2D eigenvalue weighted by molar-refractivity contribution is -0.132. The second kappa shape index (κ2) is 8.08. The first-order chi connectivity index (χ1) is 13.2. The van der Waals surface area contributed by atoms with Crippen LogP contribution >= 0.6 is 11.8 Å². The van der Waals surface area contributed by atoms with Gasteiger partial charge in [-0.25, -0.2) is 4.68 Å². The molecule has 2 heterocycles. The van der Waals surface area contributed by atoms with Gasteiger partial charge < -0.3 is 10.2 Å². The van der Waals surface area contributed by atoms with E-state index in [1.807, 2.05) is 39.9 Å². The number of piperidine rings is 1. The predicted molar refractivity (Wildman–Crippen MR) is 101 cm³/mol. The first-order valence-corrected chi connectivity index (χ1v) is 10.2. The fourth-order valence-corrected chi connectivity index (χ4v) is 4.05. The minimum Gasteiger partial charge on any atom is -0.342 e. The summed E-state index contributed by atoms with van der Waals surface area (Å²) in [6.07, 6.45) is 3.58. The number of anilines is 1. The van der Waals surface area contributed by atoms with Gasteiger partial charge in [0, 0.05) is 24.7 Å². The van der Waals surface area contributed by atoms with Crippen LogP contribution in [0.25, 0.3) is 0 Å². The Morgan fingerprint density at radius 2 is 1.85 bits per heavy atom. The van der Waals surface area contributed by atoms with Crippen LogP contribution in [0.4, 0.5) is 5.69 Å². The van der Waals surface area contributed by atoms with Gasteiger partial charge in [-0.2, -0.15) is 0 Å². The van der Waals surface area contributed by atoms with Gasteiger partial charge in [0.2, 0.25) is 17.0 Å². The van der Waals surface area contributed by atoms with Crippen LogP contribution in [-0.4, -0.2) is 55.8 Å². The third-order valence-electron chi connectivity index (χ3n) is 4.94. The zero-order valence-corrected chi connectivity index (χ0v) is 15.8. The van der Waals surface area contributed by atoms with Gasteiger partial charge in [0.25, 0.3) is 0 Å². The summed E-state index contributed by atoms with van der Waals surface area (Å²) in [7, 11) is 0. The van der Waals surface area contributed by atoms with Gasteiger partial charge in [0.15, 0.2) is 0 Å². The van der Waals surface area contributed by atoms with E-state index in [-0.39, 0.29) is 17.7 Å². The molecule has 9 heteroatoms. The lowest BCUT2D eigenvalue weighted by Gasteiger charge is -2.31. The zero-order chi connectivity index (χ0) is 18.6. The van der Waals surface area contributed by atoms with Gasteiger partial charge in [-0.05, 0) is 48.2 Å². The summed E-state index contributed by atoms with van der Waals surface area (Å²) >= 11 is 1.39. The molecule has 1 N–H and O–H groups in total. The van der Waals surface area contributed by atoms with E-state index in [1.54, 1.807) is 0 Å². The Morgan fingerprint density at radius 3 is 2.56 bits per heavy atom. The van der Waals surface area contributed by atoms with Crippen LogP contribution in [-0.2, 0) is 9.59 Å². The number of benzene rings is 1. The summed E-state index contributed by atoms with van der Waals surface area (Å²) in [5.74, 6) is 0.385. The average Bonchev–Trinajstić information content (AvgIpc) is 3.44. The third kappa shape index (κ3) is 4.47. The first-order valence-electron chi connectivity index (χ1n) is 9.25. The van der Waals surface area contributed by atoms with Gasteiger partial charge in [-0.15, -0.1) is 5.10 Å². The lowest BCUT2D eigenvalue weighted by atomic mass is 9.96. The highest BCUT2D eigenvalue weighted by Crippen LogP contribution is 2.36. The number of rotatable bonds is 6. The molecule has 1 aliphatic heterocycles. The quantitative estimate of drug-likeness (QED) is 0.763. The highest BCUT2D eigenvalue weighted by atomic mass is 32.2. The molecule has 2 fully saturated rings. The van der Waals surface area contributed by atoms with Crippen LogP contribution in [0.1, 0.15) is 31.7 Å². The number of aromatic nitrogens is 4. The minimum atomic E-state index is -0.0518. The molecule has 27 heavy (non-hydrogen) atoms. The van der Waals surface area contributed by atoms with E-state index in [0.717, 1.165) is 18.5 Å². The van der Waals surface area contributed by atoms with Gasteiger partial charge in [-0.3, -0.25) is 9.59 Å². The van der Waals surface area contributed by atoms with Crippen molar-refractivity contribution in [1.29, 1.82) is 0 Å². The van der Waals surface area contributed by atoms with E-state index in [2.05, 4.69) is 20.8 Å². The van der Waals surface area contributed by atoms with Crippen LogP contribution < -0.4 is 5.32 Å². The van der Waals surface area contributed by atoms with Crippen molar-refractivity contribution in [3.8, 4) is 0 Å². The van der Waals surface area contributed by atoms with Crippen LogP contribution in [0.15, 0.2) is 35.5 Å². The molecule has 1 saturated heterocycles. The largest absolute Gasteiger partial charge is 0.342 e. The van der Waals surface area contributed by atoms with E-state index < -0.39 is 0 Å². The molecule has 0 radical (unpaired) electrons. The van der Waals surface area contributed by atoms with E-state index in [1.165, 1.54) is 11.8 Å². The first kappa shape index (κ1) is 18.0. The van der Waals surface area contributed by atoms with Crippen LogP contribution in [0.3, 0.4) is 0 Å². The molecule has 1 aliphatic carbocycles. The number of para-hydroxylation sites is 1. The average molecular weight is 386 g/mol. The summed E-state index contributed by atoms with van der Waals surface area (Å²) < 4.78 is 1.82. The minimum absolute atomic E-state index is 0.0336. The van der Waals surface area contributed by atoms with E-state index in [0.29, 0.717) is 42.9 Å². The fourth-order valence-electron chi connectivity index (χ4n) is 3.20. The molecule has 2 aliphatic rings. The Labute approximate surface area is 161 Å². The van der Waals surface area contributed by atoms with Gasteiger partial charge in [-0.1, -0.05) is 30.0 Å². The smallest absolute Gasteiger partial charge is 0.233 e. The lowest BCUT2D eigenvalue weighted by Crippen LogP contribution is -2.42. The molecular formula is C18H22N6O2S. The number of hydrogen-bond donors (Lipinski definition) is 1. The number of amides is 2.